The molecule has 1 aromatic rings. The fraction of sp³-hybridized carbons (Fsp3) is 0.308. The molecule has 0 spiro atoms. The second kappa shape index (κ2) is 7.13. The van der Waals surface area contributed by atoms with Gasteiger partial charge in [-0.15, -0.1) is 0 Å². The van der Waals surface area contributed by atoms with Gasteiger partial charge >= 0.3 is 11.5 Å². The predicted octanol–water partition coefficient (Wildman–Crippen LogP) is 3.09. The van der Waals surface area contributed by atoms with E-state index in [4.69, 9.17) is 5.26 Å². The summed E-state index contributed by atoms with van der Waals surface area (Å²) in [5.74, 6) is -0.741. The van der Waals surface area contributed by atoms with Gasteiger partial charge in [0.1, 0.15) is 6.29 Å². The Morgan fingerprint density at radius 1 is 1.48 bits per heavy atom. The summed E-state index contributed by atoms with van der Waals surface area (Å²) in [5, 5.41) is 8.79. The summed E-state index contributed by atoms with van der Waals surface area (Å²) in [6, 6.07) is 3.82. The summed E-state index contributed by atoms with van der Waals surface area (Å²) in [5.41, 5.74) is -4.91. The van der Waals surface area contributed by atoms with E-state index in [0.29, 0.717) is 6.29 Å². The normalized spacial score (nSPS) is 10.8. The molecule has 0 N–H and O–H groups in total. The van der Waals surface area contributed by atoms with Crippen LogP contribution < -0.4 is 0 Å². The molecule has 0 radical (unpaired) electrons. The Balaban J connectivity index is 3.32. The van der Waals surface area contributed by atoms with E-state index in [1.807, 2.05) is 0 Å². The maximum absolute atomic E-state index is 12.6. The van der Waals surface area contributed by atoms with Gasteiger partial charge in [0.05, 0.1) is 24.7 Å². The lowest BCUT2D eigenvalue weighted by molar-refractivity contribution is -0.142. The van der Waals surface area contributed by atoms with E-state index in [9.17, 15) is 22.8 Å². The van der Waals surface area contributed by atoms with Gasteiger partial charge < -0.3 is 4.74 Å². The summed E-state index contributed by atoms with van der Waals surface area (Å²) < 4.78 is 42.3. The Morgan fingerprint density at radius 3 is 2.62 bits per heavy atom. The highest BCUT2D eigenvalue weighted by Crippen LogP contribution is 2.40. The molecule has 1 rings (SSSR count). The number of carbonyl (C=O) groups is 2. The van der Waals surface area contributed by atoms with Gasteiger partial charge in [-0.25, -0.2) is 0 Å². The van der Waals surface area contributed by atoms with Gasteiger partial charge in [0.25, 0.3) is 0 Å². The molecule has 0 aromatic heterocycles. The summed E-state index contributed by atoms with van der Waals surface area (Å²) in [6.07, 6.45) is -0.151. The Morgan fingerprint density at radius 2 is 2.14 bits per heavy atom. The maximum atomic E-state index is 12.6. The van der Waals surface area contributed by atoms with E-state index in [0.717, 1.165) is 12.1 Å². The minimum atomic E-state index is -4.60. The molecule has 0 amide bonds. The Kier molecular flexibility index (Phi) is 5.79. The zero-order valence-electron chi connectivity index (χ0n) is 10.9. The van der Waals surface area contributed by atoms with Crippen molar-refractivity contribution >= 4 is 24.0 Å². The van der Waals surface area contributed by atoms with Gasteiger partial charge in [0.15, 0.2) is 0 Å². The molecule has 0 aliphatic rings. The van der Waals surface area contributed by atoms with Crippen LogP contribution in [0.1, 0.15) is 28.4 Å². The second-order valence-electron chi connectivity index (χ2n) is 3.80. The Labute approximate surface area is 122 Å². The summed E-state index contributed by atoms with van der Waals surface area (Å²) >= 11 is -0.471. The lowest BCUT2D eigenvalue weighted by Gasteiger charge is -2.13. The number of esters is 1. The van der Waals surface area contributed by atoms with Crippen LogP contribution in [0.25, 0.3) is 0 Å². The van der Waals surface area contributed by atoms with Crippen molar-refractivity contribution in [1.82, 2.24) is 0 Å². The highest BCUT2D eigenvalue weighted by atomic mass is 32.2. The molecule has 0 fully saturated rings. The van der Waals surface area contributed by atoms with Crippen LogP contribution in [0.4, 0.5) is 13.2 Å². The number of halogens is 3. The van der Waals surface area contributed by atoms with Crippen LogP contribution in [-0.2, 0) is 16.0 Å². The van der Waals surface area contributed by atoms with Crippen LogP contribution in [0.2, 0.25) is 0 Å². The lowest BCUT2D eigenvalue weighted by atomic mass is 10.0. The number of alkyl halides is 3. The number of nitriles is 1. The van der Waals surface area contributed by atoms with Gasteiger partial charge in [-0.3, -0.25) is 9.59 Å². The number of rotatable bonds is 5. The first-order valence-corrected chi connectivity index (χ1v) is 6.56. The van der Waals surface area contributed by atoms with Crippen LogP contribution in [0.3, 0.4) is 0 Å². The van der Waals surface area contributed by atoms with Gasteiger partial charge in [0, 0.05) is 10.5 Å². The quantitative estimate of drug-likeness (QED) is 0.474. The number of hydrogen-bond donors (Lipinski definition) is 0. The van der Waals surface area contributed by atoms with Gasteiger partial charge in [-0.05, 0) is 36.4 Å². The topological polar surface area (TPSA) is 67.2 Å². The van der Waals surface area contributed by atoms with E-state index < -0.39 is 29.7 Å². The molecule has 0 saturated carbocycles. The van der Waals surface area contributed by atoms with Crippen molar-refractivity contribution in [1.29, 1.82) is 5.26 Å². The van der Waals surface area contributed by atoms with Crippen molar-refractivity contribution in [2.24, 2.45) is 0 Å². The monoisotopic (exact) mass is 317 g/mol. The number of aldehydes is 1. The van der Waals surface area contributed by atoms with Gasteiger partial charge in [0.2, 0.25) is 0 Å². The van der Waals surface area contributed by atoms with E-state index in [2.05, 4.69) is 4.74 Å². The standard InChI is InChI=1S/C13H10F3NO3S/c1-2-20-12(19)5-10-9(7-18)3-8(6-17)4-11(10)21-13(14,15)16/h3-4,7H,2,5H2,1H3. The third-order valence-electron chi connectivity index (χ3n) is 2.35. The van der Waals surface area contributed by atoms with E-state index in [1.165, 1.54) is 0 Å². The van der Waals surface area contributed by atoms with Gasteiger partial charge in [-0.2, -0.15) is 18.4 Å². The van der Waals surface area contributed by atoms with Crippen molar-refractivity contribution in [2.45, 2.75) is 23.7 Å². The summed E-state index contributed by atoms with van der Waals surface area (Å²) in [6.45, 7) is 1.63. The largest absolute Gasteiger partial charge is 0.466 e. The fourth-order valence-electron chi connectivity index (χ4n) is 1.60. The van der Waals surface area contributed by atoms with Gasteiger partial charge in [-0.1, -0.05) is 0 Å². The number of ether oxygens (including phenoxy) is 1. The number of hydrogen-bond acceptors (Lipinski definition) is 5. The van der Waals surface area contributed by atoms with Crippen LogP contribution in [-0.4, -0.2) is 24.4 Å². The van der Waals surface area contributed by atoms with Crippen LogP contribution >= 0.6 is 11.8 Å². The molecule has 0 heterocycles. The van der Waals surface area contributed by atoms with Crippen molar-refractivity contribution in [3.05, 3.63) is 28.8 Å². The molecule has 1 aromatic carbocycles. The Hall–Kier alpha value is -2.01. The average Bonchev–Trinajstić information content (AvgIpc) is 2.39. The first-order chi connectivity index (χ1) is 9.80. The van der Waals surface area contributed by atoms with Crippen LogP contribution in [0, 0.1) is 11.3 Å². The van der Waals surface area contributed by atoms with Crippen molar-refractivity contribution in [3.8, 4) is 6.07 Å². The summed E-state index contributed by atoms with van der Waals surface area (Å²) in [7, 11) is 0. The molecule has 0 bridgehead atoms. The molecule has 0 aliphatic heterocycles. The molecular weight excluding hydrogens is 307 g/mol. The van der Waals surface area contributed by atoms with E-state index >= 15 is 0 Å². The molecule has 0 saturated heterocycles. The molecule has 0 atom stereocenters. The number of nitrogens with zero attached hydrogens (tertiary/aromatic N) is 1. The minimum Gasteiger partial charge on any atom is -0.466 e. The molecule has 0 aliphatic carbocycles. The fourth-order valence-corrected chi connectivity index (χ4v) is 2.35. The predicted molar refractivity (Wildman–Crippen MR) is 68.8 cm³/mol. The van der Waals surface area contributed by atoms with Crippen LogP contribution in [0.15, 0.2) is 17.0 Å². The highest BCUT2D eigenvalue weighted by molar-refractivity contribution is 8.00. The van der Waals surface area contributed by atoms with Crippen molar-refractivity contribution < 1.29 is 27.5 Å². The molecule has 112 valence electrons. The third-order valence-corrected chi connectivity index (χ3v) is 3.17. The second-order valence-corrected chi connectivity index (χ2v) is 4.91. The number of thioether (sulfide) groups is 1. The summed E-state index contributed by atoms with van der Waals surface area (Å²) in [4.78, 5) is 22.1. The highest BCUT2D eigenvalue weighted by Gasteiger charge is 2.31. The molecular formula is C13H10F3NO3S. The van der Waals surface area contributed by atoms with E-state index in [1.54, 1.807) is 13.0 Å². The third kappa shape index (κ3) is 5.11. The smallest absolute Gasteiger partial charge is 0.446 e. The minimum absolute atomic E-state index is 0.0767. The number of carbonyl (C=O) groups excluding carboxylic acids is 2. The van der Waals surface area contributed by atoms with Crippen molar-refractivity contribution in [2.75, 3.05) is 6.61 Å². The van der Waals surface area contributed by atoms with E-state index in [-0.39, 0.29) is 28.2 Å². The molecule has 21 heavy (non-hydrogen) atoms. The molecule has 4 nitrogen and oxygen atoms in total. The molecule has 8 heteroatoms. The SMILES string of the molecule is CCOC(=O)Cc1c(C=O)cc(C#N)cc1SC(F)(F)F. The number of benzene rings is 1. The van der Waals surface area contributed by atoms with Crippen molar-refractivity contribution in [3.63, 3.8) is 0 Å². The average molecular weight is 317 g/mol. The van der Waals surface area contributed by atoms with Crippen LogP contribution in [0.5, 0.6) is 0 Å². The maximum Gasteiger partial charge on any atom is 0.446 e. The zero-order chi connectivity index (χ0) is 16.0. The Bertz CT molecular complexity index is 594. The molecule has 0 unspecified atom stereocenters. The first-order valence-electron chi connectivity index (χ1n) is 5.74. The zero-order valence-corrected chi connectivity index (χ0v) is 11.7. The first kappa shape index (κ1) is 17.0. The lowest BCUT2D eigenvalue weighted by Crippen LogP contribution is -2.12.